The summed E-state index contributed by atoms with van der Waals surface area (Å²) in [6.07, 6.45) is 6.53. The van der Waals surface area contributed by atoms with Gasteiger partial charge in [-0.05, 0) is 73.7 Å². The van der Waals surface area contributed by atoms with Crippen LogP contribution in [0.25, 0.3) is 6.08 Å². The van der Waals surface area contributed by atoms with Gasteiger partial charge in [0.25, 0.3) is 17.5 Å². The Kier molecular flexibility index (Phi) is 8.75. The molecule has 0 spiro atoms. The first kappa shape index (κ1) is 29.9. The Hall–Kier alpha value is -4.11. The van der Waals surface area contributed by atoms with Crippen LogP contribution in [0.1, 0.15) is 58.3 Å². The molecule has 3 fully saturated rings. The lowest BCUT2D eigenvalue weighted by atomic mass is 9.92. The zero-order valence-electron chi connectivity index (χ0n) is 25.3. The molecule has 3 aliphatic rings. The minimum atomic E-state index is -0.401. The van der Waals surface area contributed by atoms with E-state index in [0.717, 1.165) is 29.0 Å². The van der Waals surface area contributed by atoms with E-state index < -0.39 is 4.92 Å². The van der Waals surface area contributed by atoms with Gasteiger partial charge in [0, 0.05) is 67.4 Å². The molecule has 1 saturated carbocycles. The molecule has 3 aromatic rings. The molecule has 228 valence electrons. The van der Waals surface area contributed by atoms with Gasteiger partial charge in [-0.15, -0.1) is 11.8 Å². The predicted octanol–water partition coefficient (Wildman–Crippen LogP) is 6.60. The molecule has 3 aromatic carbocycles. The zero-order valence-corrected chi connectivity index (χ0v) is 26.1. The average molecular weight is 611 g/mol. The second-order valence-corrected chi connectivity index (χ2v) is 13.3. The second kappa shape index (κ2) is 12.9. The lowest BCUT2D eigenvalue weighted by Gasteiger charge is -2.44. The molecule has 2 unspecified atom stereocenters. The van der Waals surface area contributed by atoms with Crippen molar-refractivity contribution in [3.8, 4) is 0 Å². The van der Waals surface area contributed by atoms with Gasteiger partial charge in [-0.2, -0.15) is 0 Å². The van der Waals surface area contributed by atoms with Gasteiger partial charge in [0.2, 0.25) is 0 Å². The molecule has 1 aliphatic carbocycles. The molecular formula is C35H38N4O4S. The molecule has 0 radical (unpaired) electrons. The number of non-ortho nitro benzene ring substituents is 1. The number of carbonyl (C=O) groups excluding carboxylic acids is 2. The summed E-state index contributed by atoms with van der Waals surface area (Å²) in [5, 5.41) is 11.4. The minimum absolute atomic E-state index is 0.0135. The molecular weight excluding hydrogens is 572 g/mol. The van der Waals surface area contributed by atoms with Crippen LogP contribution in [0.4, 0.5) is 11.4 Å². The SMILES string of the molecule is Cc1ccc(C)c(CN2C(=O)/C(=C/c3ccc(C(=O)N4CCN(c5ccc([N+](=O)[O-])cc5)CC4)cc3)SC3CCCCC32)c1. The van der Waals surface area contributed by atoms with E-state index >= 15 is 0 Å². The quantitative estimate of drug-likeness (QED) is 0.178. The zero-order chi connectivity index (χ0) is 30.8. The second-order valence-electron chi connectivity index (χ2n) is 12.1. The van der Waals surface area contributed by atoms with Crippen LogP contribution in [0.5, 0.6) is 0 Å². The summed E-state index contributed by atoms with van der Waals surface area (Å²) >= 11 is 1.73. The molecule has 9 heteroatoms. The number of nitro groups is 1. The lowest BCUT2D eigenvalue weighted by molar-refractivity contribution is -0.384. The van der Waals surface area contributed by atoms with Gasteiger partial charge in [-0.25, -0.2) is 0 Å². The Morgan fingerprint density at radius 2 is 1.66 bits per heavy atom. The number of rotatable bonds is 6. The highest BCUT2D eigenvalue weighted by atomic mass is 32.2. The summed E-state index contributed by atoms with van der Waals surface area (Å²) in [6, 6.07) is 20.9. The summed E-state index contributed by atoms with van der Waals surface area (Å²) < 4.78 is 0. The number of hydrogen-bond donors (Lipinski definition) is 0. The molecule has 6 rings (SSSR count). The first-order valence-corrected chi connectivity index (χ1v) is 16.3. The Morgan fingerprint density at radius 1 is 0.955 bits per heavy atom. The van der Waals surface area contributed by atoms with Crippen LogP contribution >= 0.6 is 11.8 Å². The van der Waals surface area contributed by atoms with Crippen LogP contribution in [0.2, 0.25) is 0 Å². The number of fused-ring (bicyclic) bond motifs is 1. The van der Waals surface area contributed by atoms with Crippen LogP contribution in [0.15, 0.2) is 71.6 Å². The van der Waals surface area contributed by atoms with Crippen molar-refractivity contribution < 1.29 is 14.5 Å². The van der Waals surface area contributed by atoms with E-state index in [2.05, 4.69) is 41.8 Å². The van der Waals surface area contributed by atoms with Crippen LogP contribution < -0.4 is 4.90 Å². The maximum absolute atomic E-state index is 13.9. The summed E-state index contributed by atoms with van der Waals surface area (Å²) in [6.45, 7) is 7.33. The first-order chi connectivity index (χ1) is 21.3. The number of nitrogens with zero attached hydrogens (tertiary/aromatic N) is 4. The standard InChI is InChI=1S/C35H38N4O4S/c1-24-7-8-25(2)28(21-24)23-38-31-5-3-4-6-32(31)44-33(35(38)41)22-26-9-11-27(12-10-26)34(40)37-19-17-36(18-20-37)29-13-15-30(16-14-29)39(42)43/h7-16,21-22,31-32H,3-6,17-20,23H2,1-2H3/b33-22-. The van der Waals surface area contributed by atoms with Gasteiger partial charge >= 0.3 is 0 Å². The van der Waals surface area contributed by atoms with E-state index in [0.29, 0.717) is 43.5 Å². The summed E-state index contributed by atoms with van der Waals surface area (Å²) in [7, 11) is 0. The number of thioether (sulfide) groups is 1. The van der Waals surface area contributed by atoms with Crippen LogP contribution in [0, 0.1) is 24.0 Å². The summed E-state index contributed by atoms with van der Waals surface area (Å²) in [4.78, 5) is 44.6. The van der Waals surface area contributed by atoms with Crippen LogP contribution in [-0.2, 0) is 11.3 Å². The molecule has 2 saturated heterocycles. The Labute approximate surface area is 262 Å². The van der Waals surface area contributed by atoms with Gasteiger partial charge in [0.15, 0.2) is 0 Å². The lowest BCUT2D eigenvalue weighted by Crippen LogP contribution is -2.50. The van der Waals surface area contributed by atoms with E-state index in [1.807, 2.05) is 35.2 Å². The molecule has 0 aromatic heterocycles. The summed E-state index contributed by atoms with van der Waals surface area (Å²) in [5.74, 6) is 0.0884. The molecule has 0 N–H and O–H groups in total. The van der Waals surface area contributed by atoms with Crippen molar-refractivity contribution in [3.63, 3.8) is 0 Å². The van der Waals surface area contributed by atoms with Gasteiger partial charge in [-0.3, -0.25) is 19.7 Å². The molecule has 2 atom stereocenters. The number of aryl methyl sites for hydroxylation is 2. The molecule has 2 aliphatic heterocycles. The number of hydrogen-bond acceptors (Lipinski definition) is 6. The van der Waals surface area contributed by atoms with Crippen molar-refractivity contribution in [1.29, 1.82) is 0 Å². The van der Waals surface area contributed by atoms with Crippen molar-refractivity contribution in [2.45, 2.75) is 57.4 Å². The Bertz CT molecular complexity index is 1580. The fourth-order valence-electron chi connectivity index (χ4n) is 6.52. The molecule has 2 heterocycles. The highest BCUT2D eigenvalue weighted by Crippen LogP contribution is 2.43. The van der Waals surface area contributed by atoms with Gasteiger partial charge in [0.1, 0.15) is 0 Å². The number of amides is 2. The third-order valence-corrected chi connectivity index (χ3v) is 10.5. The largest absolute Gasteiger partial charge is 0.368 e. The third kappa shape index (κ3) is 6.38. The predicted molar refractivity (Wildman–Crippen MR) is 176 cm³/mol. The fourth-order valence-corrected chi connectivity index (χ4v) is 8.00. The fraction of sp³-hybridized carbons (Fsp3) is 0.371. The van der Waals surface area contributed by atoms with Crippen molar-refractivity contribution >= 4 is 41.0 Å². The van der Waals surface area contributed by atoms with E-state index in [9.17, 15) is 19.7 Å². The van der Waals surface area contributed by atoms with E-state index in [4.69, 9.17) is 0 Å². The smallest absolute Gasteiger partial charge is 0.269 e. The highest BCUT2D eigenvalue weighted by Gasteiger charge is 2.40. The highest BCUT2D eigenvalue weighted by molar-refractivity contribution is 8.04. The number of nitro benzene ring substituents is 1. The van der Waals surface area contributed by atoms with Crippen molar-refractivity contribution in [2.75, 3.05) is 31.1 Å². The molecule has 2 amide bonds. The Morgan fingerprint density at radius 3 is 2.36 bits per heavy atom. The molecule has 44 heavy (non-hydrogen) atoms. The maximum atomic E-state index is 13.9. The first-order valence-electron chi connectivity index (χ1n) is 15.4. The number of benzene rings is 3. The monoisotopic (exact) mass is 610 g/mol. The molecule has 8 nitrogen and oxygen atoms in total. The van der Waals surface area contributed by atoms with Gasteiger partial charge in [-0.1, -0.05) is 48.7 Å². The van der Waals surface area contributed by atoms with Crippen LogP contribution in [-0.4, -0.2) is 64.0 Å². The number of piperazine rings is 1. The van der Waals surface area contributed by atoms with Crippen molar-refractivity contribution in [3.05, 3.63) is 110 Å². The number of anilines is 1. The minimum Gasteiger partial charge on any atom is -0.368 e. The molecule has 0 bridgehead atoms. The number of carbonyl (C=O) groups is 2. The van der Waals surface area contributed by atoms with Crippen LogP contribution in [0.3, 0.4) is 0 Å². The Balaban J connectivity index is 1.12. The summed E-state index contributed by atoms with van der Waals surface area (Å²) in [5.41, 5.74) is 6.17. The maximum Gasteiger partial charge on any atom is 0.269 e. The van der Waals surface area contributed by atoms with Crippen molar-refractivity contribution in [2.24, 2.45) is 0 Å². The van der Waals surface area contributed by atoms with Gasteiger partial charge < -0.3 is 14.7 Å². The van der Waals surface area contributed by atoms with E-state index in [-0.39, 0.29) is 23.5 Å². The van der Waals surface area contributed by atoms with Gasteiger partial charge in [0.05, 0.1) is 9.83 Å². The van der Waals surface area contributed by atoms with Crippen molar-refractivity contribution in [1.82, 2.24) is 9.80 Å². The van der Waals surface area contributed by atoms with E-state index in [1.165, 1.54) is 41.7 Å². The third-order valence-electron chi connectivity index (χ3n) is 9.11. The topological polar surface area (TPSA) is 87.0 Å². The normalized spacial score (nSPS) is 21.4. The average Bonchev–Trinajstić information content (AvgIpc) is 3.04. The van der Waals surface area contributed by atoms with E-state index in [1.54, 1.807) is 23.9 Å².